The molecule has 0 spiro atoms. The molecule has 0 saturated heterocycles. The normalized spacial score (nSPS) is 10.0. The summed E-state index contributed by atoms with van der Waals surface area (Å²) in [6.07, 6.45) is 1.61. The van der Waals surface area contributed by atoms with E-state index in [1.807, 2.05) is 0 Å². The monoisotopic (exact) mass is 299 g/mol. The number of alkyl halides is 1. The maximum Gasteiger partial charge on any atom is 0.335 e. The lowest BCUT2D eigenvalue weighted by atomic mass is 10.0. The molecular weight excluding hydrogens is 286 g/mol. The number of aryl methyl sites for hydroxylation is 1. The summed E-state index contributed by atoms with van der Waals surface area (Å²) < 4.78 is 0. The van der Waals surface area contributed by atoms with Gasteiger partial charge in [0.05, 0.1) is 5.56 Å². The van der Waals surface area contributed by atoms with E-state index in [4.69, 9.17) is 5.11 Å². The van der Waals surface area contributed by atoms with Gasteiger partial charge in [0.2, 0.25) is 5.91 Å². The number of carboxylic acids is 1. The number of halogens is 1. The summed E-state index contributed by atoms with van der Waals surface area (Å²) in [5.41, 5.74) is 1.77. The number of benzene rings is 1. The van der Waals surface area contributed by atoms with E-state index < -0.39 is 5.97 Å². The number of aromatic carboxylic acids is 1. The van der Waals surface area contributed by atoms with Gasteiger partial charge in [-0.25, -0.2) is 4.79 Å². The molecule has 0 aliphatic rings. The Labute approximate surface area is 108 Å². The fourth-order valence-corrected chi connectivity index (χ4v) is 1.78. The van der Waals surface area contributed by atoms with Gasteiger partial charge in [-0.3, -0.25) is 4.79 Å². The van der Waals surface area contributed by atoms with Crippen molar-refractivity contribution in [2.45, 2.75) is 19.8 Å². The number of anilines is 1. The fraction of sp³-hybridized carbons (Fsp3) is 0.333. The van der Waals surface area contributed by atoms with E-state index in [0.29, 0.717) is 5.69 Å². The Morgan fingerprint density at radius 3 is 2.65 bits per heavy atom. The number of nitrogens with one attached hydrogen (secondary N) is 1. The Kier molecular flexibility index (Phi) is 5.15. The highest BCUT2D eigenvalue weighted by Crippen LogP contribution is 2.20. The molecule has 0 radical (unpaired) electrons. The van der Waals surface area contributed by atoms with Gasteiger partial charge < -0.3 is 10.4 Å². The molecule has 0 heterocycles. The second-order valence-electron chi connectivity index (χ2n) is 3.65. The van der Waals surface area contributed by atoms with Crippen LogP contribution in [0.25, 0.3) is 0 Å². The molecule has 0 aromatic heterocycles. The summed E-state index contributed by atoms with van der Waals surface area (Å²) in [5.74, 6) is -1.12. The minimum Gasteiger partial charge on any atom is -0.478 e. The lowest BCUT2D eigenvalue weighted by Crippen LogP contribution is -2.09. The minimum atomic E-state index is -0.959. The third kappa shape index (κ3) is 4.19. The van der Waals surface area contributed by atoms with Gasteiger partial charge in [-0.15, -0.1) is 0 Å². The summed E-state index contributed by atoms with van der Waals surface area (Å²) in [7, 11) is 0. The molecule has 1 aromatic rings. The minimum absolute atomic E-state index is 0.159. The highest BCUT2D eigenvalue weighted by Gasteiger charge is 2.09. The van der Waals surface area contributed by atoms with E-state index in [1.165, 1.54) is 13.0 Å². The molecule has 0 aliphatic carbocycles. The van der Waals surface area contributed by atoms with Crippen molar-refractivity contribution in [1.82, 2.24) is 0 Å². The van der Waals surface area contributed by atoms with Crippen LogP contribution in [0.3, 0.4) is 0 Å². The second kappa shape index (κ2) is 6.39. The molecule has 0 aliphatic heterocycles. The number of carbonyl (C=O) groups excluding carboxylic acids is 1. The summed E-state index contributed by atoms with van der Waals surface area (Å²) in [4.78, 5) is 21.9. The molecule has 0 saturated carbocycles. The summed E-state index contributed by atoms with van der Waals surface area (Å²) in [6, 6.07) is 4.73. The molecule has 0 atom stereocenters. The predicted molar refractivity (Wildman–Crippen MR) is 69.8 cm³/mol. The maximum absolute atomic E-state index is 11.0. The first-order chi connectivity index (χ1) is 8.04. The second-order valence-corrected chi connectivity index (χ2v) is 4.44. The van der Waals surface area contributed by atoms with Crippen molar-refractivity contribution >= 4 is 33.5 Å². The van der Waals surface area contributed by atoms with Crippen LogP contribution in [0.4, 0.5) is 5.69 Å². The van der Waals surface area contributed by atoms with E-state index in [2.05, 4.69) is 21.2 Å². The van der Waals surface area contributed by atoms with Gasteiger partial charge in [-0.05, 0) is 36.6 Å². The first-order valence-corrected chi connectivity index (χ1v) is 6.36. The zero-order chi connectivity index (χ0) is 12.8. The first-order valence-electron chi connectivity index (χ1n) is 5.24. The topological polar surface area (TPSA) is 66.4 Å². The molecule has 2 N–H and O–H groups in total. The molecule has 4 nitrogen and oxygen atoms in total. The van der Waals surface area contributed by atoms with Gasteiger partial charge in [0, 0.05) is 17.9 Å². The van der Waals surface area contributed by atoms with E-state index in [-0.39, 0.29) is 11.5 Å². The number of carbonyl (C=O) groups is 2. The number of rotatable bonds is 5. The van der Waals surface area contributed by atoms with Gasteiger partial charge in [0.15, 0.2) is 0 Å². The van der Waals surface area contributed by atoms with Crippen LogP contribution in [0.2, 0.25) is 0 Å². The Hall–Kier alpha value is -1.36. The third-order valence-corrected chi connectivity index (χ3v) is 2.80. The van der Waals surface area contributed by atoms with Gasteiger partial charge in [-0.2, -0.15) is 0 Å². The molecule has 0 unspecified atom stereocenters. The molecule has 0 fully saturated rings. The van der Waals surface area contributed by atoms with Crippen LogP contribution in [0.1, 0.15) is 29.3 Å². The average Bonchev–Trinajstić information content (AvgIpc) is 2.26. The predicted octanol–water partition coefficient (Wildman–Crippen LogP) is 2.67. The molecule has 5 heteroatoms. The molecule has 1 rings (SSSR count). The van der Waals surface area contributed by atoms with Gasteiger partial charge in [-0.1, -0.05) is 15.9 Å². The molecule has 0 bridgehead atoms. The van der Waals surface area contributed by atoms with Crippen molar-refractivity contribution in [3.63, 3.8) is 0 Å². The molecule has 1 amide bonds. The highest BCUT2D eigenvalue weighted by molar-refractivity contribution is 9.09. The molecular formula is C12H14BrNO3. The van der Waals surface area contributed by atoms with E-state index in [0.717, 1.165) is 23.7 Å². The quantitative estimate of drug-likeness (QED) is 0.822. The van der Waals surface area contributed by atoms with Crippen LogP contribution in [-0.4, -0.2) is 22.3 Å². The number of carboxylic acid groups (broad SMARTS) is 1. The van der Waals surface area contributed by atoms with Gasteiger partial charge in [0.25, 0.3) is 0 Å². The van der Waals surface area contributed by atoms with E-state index in [9.17, 15) is 9.59 Å². The lowest BCUT2D eigenvalue weighted by Gasteiger charge is -2.10. The van der Waals surface area contributed by atoms with Crippen LogP contribution < -0.4 is 5.32 Å². The fourth-order valence-electron chi connectivity index (χ4n) is 1.50. The Morgan fingerprint density at radius 1 is 1.41 bits per heavy atom. The number of hydrogen-bond donors (Lipinski definition) is 2. The van der Waals surface area contributed by atoms with Crippen LogP contribution >= 0.6 is 15.9 Å². The van der Waals surface area contributed by atoms with Crippen LogP contribution in [0, 0.1) is 0 Å². The van der Waals surface area contributed by atoms with Crippen LogP contribution in [-0.2, 0) is 11.2 Å². The molecule has 17 heavy (non-hydrogen) atoms. The van der Waals surface area contributed by atoms with Crippen LogP contribution in [0.15, 0.2) is 18.2 Å². The smallest absolute Gasteiger partial charge is 0.335 e. The SMILES string of the molecule is CC(=O)Nc1ccc(C(=O)O)cc1CCCBr. The largest absolute Gasteiger partial charge is 0.478 e. The Morgan fingerprint density at radius 2 is 2.12 bits per heavy atom. The Bertz CT molecular complexity index is 432. The number of hydrogen-bond acceptors (Lipinski definition) is 2. The zero-order valence-electron chi connectivity index (χ0n) is 9.50. The average molecular weight is 300 g/mol. The summed E-state index contributed by atoms with van der Waals surface area (Å²) in [5, 5.41) is 12.4. The van der Waals surface area contributed by atoms with Crippen LogP contribution in [0.5, 0.6) is 0 Å². The molecule has 1 aromatic carbocycles. The maximum atomic E-state index is 11.0. The van der Waals surface area contributed by atoms with E-state index >= 15 is 0 Å². The Balaban J connectivity index is 3.02. The zero-order valence-corrected chi connectivity index (χ0v) is 11.1. The first kappa shape index (κ1) is 13.7. The van der Waals surface area contributed by atoms with Gasteiger partial charge >= 0.3 is 5.97 Å². The van der Waals surface area contributed by atoms with Crippen molar-refractivity contribution in [1.29, 1.82) is 0 Å². The van der Waals surface area contributed by atoms with E-state index in [1.54, 1.807) is 12.1 Å². The summed E-state index contributed by atoms with van der Waals surface area (Å²) in [6.45, 7) is 1.43. The third-order valence-electron chi connectivity index (χ3n) is 2.24. The standard InChI is InChI=1S/C12H14BrNO3/c1-8(15)14-11-5-4-10(12(16)17)7-9(11)3-2-6-13/h4-5,7H,2-3,6H2,1H3,(H,14,15)(H,16,17). The van der Waals surface area contributed by atoms with Crippen molar-refractivity contribution in [2.75, 3.05) is 10.6 Å². The van der Waals surface area contributed by atoms with Gasteiger partial charge in [0.1, 0.15) is 0 Å². The number of amides is 1. The molecule has 92 valence electrons. The van der Waals surface area contributed by atoms with Crippen molar-refractivity contribution < 1.29 is 14.7 Å². The van der Waals surface area contributed by atoms with Crippen molar-refractivity contribution in [3.8, 4) is 0 Å². The summed E-state index contributed by atoms with van der Waals surface area (Å²) >= 11 is 3.33. The van der Waals surface area contributed by atoms with Crippen molar-refractivity contribution in [2.24, 2.45) is 0 Å². The highest BCUT2D eigenvalue weighted by atomic mass is 79.9. The lowest BCUT2D eigenvalue weighted by molar-refractivity contribution is -0.114. The van der Waals surface area contributed by atoms with Crippen molar-refractivity contribution in [3.05, 3.63) is 29.3 Å².